The molecule has 4 rings (SSSR count). The smallest absolute Gasteiger partial charge is 0.291 e. The van der Waals surface area contributed by atoms with Crippen LogP contribution in [0, 0.1) is 5.92 Å². The Kier molecular flexibility index (Phi) is 7.95. The molecule has 3 aromatic rings. The van der Waals surface area contributed by atoms with Gasteiger partial charge < -0.3 is 19.5 Å². The molecule has 9 heteroatoms. The lowest BCUT2D eigenvalue weighted by Gasteiger charge is -2.36. The Morgan fingerprint density at radius 2 is 1.71 bits per heavy atom. The molecule has 0 bridgehead atoms. The fraction of sp³-hybridized carbons (Fsp3) is 0.308. The molecule has 6 nitrogen and oxygen atoms in total. The standard InChI is InChI=1S/C26H26Cl3N3O3/c1-16(2)14-24(33)32-12-10-31(11-13-32)21-7-6-17(15-20(21)28)30-26(34)23-9-8-22(35-23)18-4-3-5-19(27)25(18)29/h3-9,15-16H,10-14H2,1-2H3,(H,30,34). The number of carbonyl (C=O) groups is 2. The molecule has 35 heavy (non-hydrogen) atoms. The Balaban J connectivity index is 1.39. The van der Waals surface area contributed by atoms with Gasteiger partial charge in [-0.05, 0) is 48.4 Å². The zero-order valence-corrected chi connectivity index (χ0v) is 21.8. The lowest BCUT2D eigenvalue weighted by atomic mass is 10.1. The van der Waals surface area contributed by atoms with Gasteiger partial charge in [0.05, 0.1) is 20.8 Å². The summed E-state index contributed by atoms with van der Waals surface area (Å²) in [6.45, 7) is 6.84. The van der Waals surface area contributed by atoms with E-state index in [9.17, 15) is 9.59 Å². The van der Waals surface area contributed by atoms with Crippen molar-refractivity contribution in [1.82, 2.24) is 4.90 Å². The van der Waals surface area contributed by atoms with Crippen molar-refractivity contribution in [1.29, 1.82) is 0 Å². The number of halogens is 3. The largest absolute Gasteiger partial charge is 0.451 e. The van der Waals surface area contributed by atoms with E-state index in [4.69, 9.17) is 39.2 Å². The number of piperazine rings is 1. The fourth-order valence-electron chi connectivity index (χ4n) is 4.01. The summed E-state index contributed by atoms with van der Waals surface area (Å²) in [6.07, 6.45) is 0.568. The lowest BCUT2D eigenvalue weighted by Crippen LogP contribution is -2.49. The van der Waals surface area contributed by atoms with Crippen molar-refractivity contribution >= 4 is 58.0 Å². The third kappa shape index (κ3) is 5.95. The molecule has 1 aliphatic rings. The molecule has 2 heterocycles. The predicted molar refractivity (Wildman–Crippen MR) is 142 cm³/mol. The van der Waals surface area contributed by atoms with Crippen LogP contribution in [0.2, 0.25) is 15.1 Å². The number of rotatable bonds is 6. The first kappa shape index (κ1) is 25.4. The Labute approximate surface area is 219 Å². The van der Waals surface area contributed by atoms with Gasteiger partial charge in [-0.2, -0.15) is 0 Å². The van der Waals surface area contributed by atoms with E-state index in [1.54, 1.807) is 42.5 Å². The average Bonchev–Trinajstić information content (AvgIpc) is 3.31. The molecule has 1 fully saturated rings. The third-order valence-electron chi connectivity index (χ3n) is 5.81. The highest BCUT2D eigenvalue weighted by atomic mass is 35.5. The van der Waals surface area contributed by atoms with E-state index in [1.807, 2.05) is 24.8 Å². The highest BCUT2D eigenvalue weighted by Gasteiger charge is 2.23. The van der Waals surface area contributed by atoms with Gasteiger partial charge in [-0.25, -0.2) is 0 Å². The summed E-state index contributed by atoms with van der Waals surface area (Å²) in [6, 6.07) is 13.9. The van der Waals surface area contributed by atoms with Crippen LogP contribution < -0.4 is 10.2 Å². The second-order valence-electron chi connectivity index (χ2n) is 8.85. The van der Waals surface area contributed by atoms with E-state index in [1.165, 1.54) is 0 Å². The molecule has 2 amide bonds. The number of amides is 2. The van der Waals surface area contributed by atoms with E-state index in [0.717, 1.165) is 5.69 Å². The highest BCUT2D eigenvalue weighted by Crippen LogP contribution is 2.35. The number of carbonyl (C=O) groups excluding carboxylic acids is 2. The van der Waals surface area contributed by atoms with Crippen molar-refractivity contribution in [2.24, 2.45) is 5.92 Å². The first-order valence-electron chi connectivity index (χ1n) is 11.4. The number of nitrogens with zero attached hydrogens (tertiary/aromatic N) is 2. The van der Waals surface area contributed by atoms with Gasteiger partial charge in [0.15, 0.2) is 5.76 Å². The normalized spacial score (nSPS) is 13.9. The number of benzene rings is 2. The van der Waals surface area contributed by atoms with E-state index in [0.29, 0.717) is 70.6 Å². The summed E-state index contributed by atoms with van der Waals surface area (Å²) < 4.78 is 5.71. The van der Waals surface area contributed by atoms with E-state index < -0.39 is 5.91 Å². The molecule has 0 atom stereocenters. The van der Waals surface area contributed by atoms with Crippen LogP contribution in [0.5, 0.6) is 0 Å². The van der Waals surface area contributed by atoms with Crippen molar-refractivity contribution < 1.29 is 14.0 Å². The van der Waals surface area contributed by atoms with Crippen molar-refractivity contribution in [3.63, 3.8) is 0 Å². The monoisotopic (exact) mass is 533 g/mol. The maximum atomic E-state index is 12.7. The zero-order valence-electron chi connectivity index (χ0n) is 19.5. The molecular formula is C26H26Cl3N3O3. The van der Waals surface area contributed by atoms with Gasteiger partial charge >= 0.3 is 0 Å². The SMILES string of the molecule is CC(C)CC(=O)N1CCN(c2ccc(NC(=O)c3ccc(-c4cccc(Cl)c4Cl)o3)cc2Cl)CC1. The van der Waals surface area contributed by atoms with Gasteiger partial charge in [-0.1, -0.05) is 54.7 Å². The van der Waals surface area contributed by atoms with Gasteiger partial charge in [-0.3, -0.25) is 9.59 Å². The molecule has 1 aliphatic heterocycles. The molecule has 184 valence electrons. The topological polar surface area (TPSA) is 65.8 Å². The minimum atomic E-state index is -0.407. The highest BCUT2D eigenvalue weighted by molar-refractivity contribution is 6.43. The van der Waals surface area contributed by atoms with Crippen LogP contribution in [-0.4, -0.2) is 42.9 Å². The summed E-state index contributed by atoms with van der Waals surface area (Å²) in [5.74, 6) is 0.721. The van der Waals surface area contributed by atoms with Gasteiger partial charge in [-0.15, -0.1) is 0 Å². The van der Waals surface area contributed by atoms with E-state index in [2.05, 4.69) is 10.2 Å². The Bertz CT molecular complexity index is 1230. The maximum absolute atomic E-state index is 12.7. The first-order chi connectivity index (χ1) is 16.7. The van der Waals surface area contributed by atoms with Crippen LogP contribution in [0.1, 0.15) is 30.8 Å². The van der Waals surface area contributed by atoms with Gasteiger partial charge in [0.25, 0.3) is 5.91 Å². The van der Waals surface area contributed by atoms with Crippen molar-refractivity contribution in [2.75, 3.05) is 36.4 Å². The lowest BCUT2D eigenvalue weighted by molar-refractivity contribution is -0.132. The van der Waals surface area contributed by atoms with Crippen molar-refractivity contribution in [2.45, 2.75) is 20.3 Å². The Morgan fingerprint density at radius 1 is 0.971 bits per heavy atom. The number of hydrogen-bond acceptors (Lipinski definition) is 4. The van der Waals surface area contributed by atoms with Gasteiger partial charge in [0.1, 0.15) is 5.76 Å². The molecule has 0 aliphatic carbocycles. The maximum Gasteiger partial charge on any atom is 0.291 e. The molecule has 1 aromatic heterocycles. The molecule has 2 aromatic carbocycles. The average molecular weight is 535 g/mol. The molecule has 1 N–H and O–H groups in total. The summed E-state index contributed by atoms with van der Waals surface area (Å²) in [5, 5.41) is 4.11. The Morgan fingerprint density at radius 3 is 2.40 bits per heavy atom. The van der Waals surface area contributed by atoms with Crippen LogP contribution in [0.4, 0.5) is 11.4 Å². The number of anilines is 2. The van der Waals surface area contributed by atoms with Gasteiger partial charge in [0, 0.05) is 43.9 Å². The molecular weight excluding hydrogens is 509 g/mol. The van der Waals surface area contributed by atoms with Crippen molar-refractivity contribution in [3.8, 4) is 11.3 Å². The van der Waals surface area contributed by atoms with Crippen LogP contribution >= 0.6 is 34.8 Å². The summed E-state index contributed by atoms with van der Waals surface area (Å²) >= 11 is 18.9. The number of nitrogens with one attached hydrogen (secondary N) is 1. The second kappa shape index (κ2) is 10.9. The fourth-order valence-corrected chi connectivity index (χ4v) is 4.70. The molecule has 0 radical (unpaired) electrons. The van der Waals surface area contributed by atoms with Crippen LogP contribution in [-0.2, 0) is 4.79 Å². The zero-order chi connectivity index (χ0) is 25.1. The summed E-state index contributed by atoms with van der Waals surface area (Å²) in [4.78, 5) is 29.1. The third-order valence-corrected chi connectivity index (χ3v) is 6.93. The van der Waals surface area contributed by atoms with E-state index in [-0.39, 0.29) is 11.7 Å². The quantitative estimate of drug-likeness (QED) is 0.375. The summed E-state index contributed by atoms with van der Waals surface area (Å²) in [7, 11) is 0. The van der Waals surface area contributed by atoms with Crippen LogP contribution in [0.25, 0.3) is 11.3 Å². The molecule has 0 saturated carbocycles. The molecule has 0 unspecified atom stereocenters. The van der Waals surface area contributed by atoms with Crippen molar-refractivity contribution in [3.05, 3.63) is 69.4 Å². The first-order valence-corrected chi connectivity index (χ1v) is 12.5. The van der Waals surface area contributed by atoms with E-state index >= 15 is 0 Å². The van der Waals surface area contributed by atoms with Gasteiger partial charge in [0.2, 0.25) is 5.91 Å². The number of hydrogen-bond donors (Lipinski definition) is 1. The molecule has 1 saturated heterocycles. The minimum Gasteiger partial charge on any atom is -0.451 e. The summed E-state index contributed by atoms with van der Waals surface area (Å²) in [5.41, 5.74) is 2.03. The number of furan rings is 1. The van der Waals surface area contributed by atoms with Crippen LogP contribution in [0.15, 0.2) is 52.9 Å². The second-order valence-corrected chi connectivity index (χ2v) is 10.0. The Hall–Kier alpha value is -2.67. The van der Waals surface area contributed by atoms with Crippen LogP contribution in [0.3, 0.4) is 0 Å². The minimum absolute atomic E-state index is 0.137. The molecule has 0 spiro atoms. The predicted octanol–water partition coefficient (Wildman–Crippen LogP) is 6.85.